The van der Waals surface area contributed by atoms with Gasteiger partial charge >= 0.3 is 0 Å². The molecule has 1 aliphatic rings. The summed E-state index contributed by atoms with van der Waals surface area (Å²) < 4.78 is 5.08. The van der Waals surface area contributed by atoms with Gasteiger partial charge in [-0.1, -0.05) is 30.7 Å². The van der Waals surface area contributed by atoms with Crippen LogP contribution in [0.4, 0.5) is 5.69 Å². The molecule has 118 valence electrons. The van der Waals surface area contributed by atoms with E-state index in [0.717, 1.165) is 37.8 Å². The number of ether oxygens (including phenoxy) is 1. The van der Waals surface area contributed by atoms with Crippen LogP contribution in [-0.4, -0.2) is 44.4 Å². The Labute approximate surface area is 137 Å². The lowest BCUT2D eigenvalue weighted by Gasteiger charge is -2.35. The molecule has 0 spiro atoms. The standard InChI is InChI=1S/C16H25ClN2OS/c1-3-14-12-19(8-10-21-14)16-13(5-4-6-15(16)17)11-18-7-9-20-2/h4-6,14,18H,3,7-12H2,1-2H3. The quantitative estimate of drug-likeness (QED) is 0.775. The first kappa shape index (κ1) is 16.9. The van der Waals surface area contributed by atoms with Crippen molar-refractivity contribution in [3.8, 4) is 0 Å². The van der Waals surface area contributed by atoms with Crippen molar-refractivity contribution in [1.29, 1.82) is 0 Å². The van der Waals surface area contributed by atoms with Crippen molar-refractivity contribution in [2.45, 2.75) is 25.1 Å². The highest BCUT2D eigenvalue weighted by molar-refractivity contribution is 8.00. The van der Waals surface area contributed by atoms with Gasteiger partial charge in [0.15, 0.2) is 0 Å². The third-order valence-electron chi connectivity index (χ3n) is 3.78. The van der Waals surface area contributed by atoms with E-state index in [0.29, 0.717) is 5.25 Å². The van der Waals surface area contributed by atoms with E-state index < -0.39 is 0 Å². The number of anilines is 1. The topological polar surface area (TPSA) is 24.5 Å². The van der Waals surface area contributed by atoms with E-state index in [1.807, 2.05) is 12.1 Å². The molecule has 1 saturated heterocycles. The van der Waals surface area contributed by atoms with Crippen molar-refractivity contribution < 1.29 is 4.74 Å². The first-order valence-electron chi connectivity index (χ1n) is 7.59. The predicted molar refractivity (Wildman–Crippen MR) is 93.8 cm³/mol. The summed E-state index contributed by atoms with van der Waals surface area (Å²) in [4.78, 5) is 2.46. The maximum Gasteiger partial charge on any atom is 0.0642 e. The van der Waals surface area contributed by atoms with Gasteiger partial charge in [-0.2, -0.15) is 11.8 Å². The number of nitrogens with zero attached hydrogens (tertiary/aromatic N) is 1. The van der Waals surface area contributed by atoms with Crippen LogP contribution in [0.5, 0.6) is 0 Å². The number of para-hydroxylation sites is 1. The minimum absolute atomic E-state index is 0.712. The maximum atomic E-state index is 6.49. The molecule has 1 atom stereocenters. The fourth-order valence-corrected chi connectivity index (χ4v) is 4.12. The molecule has 1 unspecified atom stereocenters. The Hall–Kier alpha value is -0.420. The lowest BCUT2D eigenvalue weighted by atomic mass is 10.1. The molecule has 1 heterocycles. The van der Waals surface area contributed by atoms with Crippen molar-refractivity contribution in [2.24, 2.45) is 0 Å². The van der Waals surface area contributed by atoms with E-state index in [1.165, 1.54) is 23.4 Å². The largest absolute Gasteiger partial charge is 0.383 e. The first-order valence-corrected chi connectivity index (χ1v) is 9.02. The Balaban J connectivity index is 2.09. The summed E-state index contributed by atoms with van der Waals surface area (Å²) in [6, 6.07) is 6.21. The van der Waals surface area contributed by atoms with Crippen LogP contribution in [0.15, 0.2) is 18.2 Å². The zero-order chi connectivity index (χ0) is 15.1. The van der Waals surface area contributed by atoms with Gasteiger partial charge < -0.3 is 15.0 Å². The Morgan fingerprint density at radius 3 is 3.10 bits per heavy atom. The third-order valence-corrected chi connectivity index (χ3v) is 5.46. The summed E-state index contributed by atoms with van der Waals surface area (Å²) >= 11 is 8.57. The number of hydrogen-bond donors (Lipinski definition) is 1. The Morgan fingerprint density at radius 2 is 2.33 bits per heavy atom. The van der Waals surface area contributed by atoms with Gasteiger partial charge in [0, 0.05) is 44.3 Å². The summed E-state index contributed by atoms with van der Waals surface area (Å²) in [6.45, 7) is 6.86. The fraction of sp³-hybridized carbons (Fsp3) is 0.625. The summed E-state index contributed by atoms with van der Waals surface area (Å²) in [5, 5.41) is 5.00. The van der Waals surface area contributed by atoms with E-state index in [4.69, 9.17) is 16.3 Å². The number of hydrogen-bond acceptors (Lipinski definition) is 4. The van der Waals surface area contributed by atoms with Gasteiger partial charge in [-0.15, -0.1) is 0 Å². The number of benzene rings is 1. The van der Waals surface area contributed by atoms with E-state index in [2.05, 4.69) is 35.0 Å². The third kappa shape index (κ3) is 4.78. The second-order valence-electron chi connectivity index (χ2n) is 5.26. The molecule has 5 heteroatoms. The normalized spacial score (nSPS) is 19.0. The van der Waals surface area contributed by atoms with Gasteiger partial charge in [-0.25, -0.2) is 0 Å². The molecular formula is C16H25ClN2OS. The van der Waals surface area contributed by atoms with Crippen LogP contribution in [-0.2, 0) is 11.3 Å². The second-order valence-corrected chi connectivity index (χ2v) is 7.08. The summed E-state index contributed by atoms with van der Waals surface area (Å²) in [7, 11) is 1.72. The number of halogens is 1. The molecule has 1 aromatic rings. The van der Waals surface area contributed by atoms with E-state index >= 15 is 0 Å². The lowest BCUT2D eigenvalue weighted by Crippen LogP contribution is -2.38. The Morgan fingerprint density at radius 1 is 1.48 bits per heavy atom. The number of rotatable bonds is 7. The molecule has 1 aliphatic heterocycles. The minimum Gasteiger partial charge on any atom is -0.383 e. The van der Waals surface area contributed by atoms with Crippen LogP contribution in [0.3, 0.4) is 0 Å². The van der Waals surface area contributed by atoms with Crippen LogP contribution < -0.4 is 10.2 Å². The molecule has 21 heavy (non-hydrogen) atoms. The van der Waals surface area contributed by atoms with Crippen molar-refractivity contribution in [1.82, 2.24) is 5.32 Å². The first-order chi connectivity index (χ1) is 10.3. The molecule has 0 aromatic heterocycles. The Bertz CT molecular complexity index is 444. The van der Waals surface area contributed by atoms with Crippen molar-refractivity contribution in [3.63, 3.8) is 0 Å². The van der Waals surface area contributed by atoms with Gasteiger partial charge in [0.05, 0.1) is 17.3 Å². The number of nitrogens with one attached hydrogen (secondary N) is 1. The number of methoxy groups -OCH3 is 1. The van der Waals surface area contributed by atoms with E-state index in [-0.39, 0.29) is 0 Å². The van der Waals surface area contributed by atoms with Crippen LogP contribution in [0.1, 0.15) is 18.9 Å². The average Bonchev–Trinajstić information content (AvgIpc) is 2.51. The van der Waals surface area contributed by atoms with Gasteiger partial charge in [0.25, 0.3) is 0 Å². The van der Waals surface area contributed by atoms with Gasteiger partial charge in [-0.05, 0) is 18.1 Å². The molecular weight excluding hydrogens is 304 g/mol. The smallest absolute Gasteiger partial charge is 0.0642 e. The molecule has 1 fully saturated rings. The minimum atomic E-state index is 0.712. The predicted octanol–water partition coefficient (Wildman–Crippen LogP) is 3.41. The van der Waals surface area contributed by atoms with E-state index in [1.54, 1.807) is 7.11 Å². The Kier molecular flexibility index (Phi) is 7.17. The highest BCUT2D eigenvalue weighted by Crippen LogP contribution is 2.33. The highest BCUT2D eigenvalue weighted by atomic mass is 35.5. The van der Waals surface area contributed by atoms with Crippen molar-refractivity contribution in [3.05, 3.63) is 28.8 Å². The van der Waals surface area contributed by atoms with Crippen LogP contribution in [0, 0.1) is 0 Å². The SMILES string of the molecule is CCC1CN(c2c(Cl)cccc2CNCCOC)CCS1. The summed E-state index contributed by atoms with van der Waals surface area (Å²) in [5.41, 5.74) is 2.49. The van der Waals surface area contributed by atoms with E-state index in [9.17, 15) is 0 Å². The second kappa shape index (κ2) is 8.89. The molecule has 0 amide bonds. The molecule has 1 aromatic carbocycles. The zero-order valence-corrected chi connectivity index (χ0v) is 14.5. The van der Waals surface area contributed by atoms with Crippen LogP contribution in [0.25, 0.3) is 0 Å². The average molecular weight is 329 g/mol. The molecule has 0 bridgehead atoms. The molecule has 0 radical (unpaired) electrons. The van der Waals surface area contributed by atoms with Crippen molar-refractivity contribution in [2.75, 3.05) is 44.0 Å². The molecule has 1 N–H and O–H groups in total. The fourth-order valence-electron chi connectivity index (χ4n) is 2.62. The monoisotopic (exact) mass is 328 g/mol. The molecule has 0 saturated carbocycles. The molecule has 3 nitrogen and oxygen atoms in total. The zero-order valence-electron chi connectivity index (χ0n) is 12.9. The molecule has 2 rings (SSSR count). The van der Waals surface area contributed by atoms with Gasteiger partial charge in [-0.3, -0.25) is 0 Å². The lowest BCUT2D eigenvalue weighted by molar-refractivity contribution is 0.199. The van der Waals surface area contributed by atoms with Crippen LogP contribution >= 0.6 is 23.4 Å². The highest BCUT2D eigenvalue weighted by Gasteiger charge is 2.22. The maximum absolute atomic E-state index is 6.49. The van der Waals surface area contributed by atoms with Gasteiger partial charge in [0.1, 0.15) is 0 Å². The van der Waals surface area contributed by atoms with Gasteiger partial charge in [0.2, 0.25) is 0 Å². The number of thioether (sulfide) groups is 1. The summed E-state index contributed by atoms with van der Waals surface area (Å²) in [6.07, 6.45) is 1.22. The van der Waals surface area contributed by atoms with Crippen LogP contribution in [0.2, 0.25) is 5.02 Å². The summed E-state index contributed by atoms with van der Waals surface area (Å²) in [5.74, 6) is 1.18. The molecule has 0 aliphatic carbocycles. The van der Waals surface area contributed by atoms with Crippen molar-refractivity contribution >= 4 is 29.1 Å².